The number of amides is 1. The third-order valence-electron chi connectivity index (χ3n) is 2.54. The molecule has 0 atom stereocenters. The molecule has 6 nitrogen and oxygen atoms in total. The van der Waals surface area contributed by atoms with Crippen molar-refractivity contribution >= 4 is 17.3 Å². The van der Waals surface area contributed by atoms with E-state index in [2.05, 4.69) is 5.32 Å². The van der Waals surface area contributed by atoms with Crippen molar-refractivity contribution in [3.63, 3.8) is 0 Å². The molecule has 0 bridgehead atoms. The SMILES string of the molecule is CN(C)c1ccc(C(=O)NCCOCCO)cc1N. The fourth-order valence-corrected chi connectivity index (χ4v) is 1.61. The Hall–Kier alpha value is -1.79. The number of aliphatic hydroxyl groups is 1. The van der Waals surface area contributed by atoms with Crippen molar-refractivity contribution in [2.75, 3.05) is 51.1 Å². The zero-order chi connectivity index (χ0) is 14.3. The molecule has 0 heterocycles. The third-order valence-corrected chi connectivity index (χ3v) is 2.54. The van der Waals surface area contributed by atoms with Crippen LogP contribution in [-0.2, 0) is 4.74 Å². The first-order valence-electron chi connectivity index (χ1n) is 6.10. The molecule has 1 rings (SSSR count). The summed E-state index contributed by atoms with van der Waals surface area (Å²) in [5, 5.41) is 11.2. The van der Waals surface area contributed by atoms with Crippen molar-refractivity contribution in [3.8, 4) is 0 Å². The highest BCUT2D eigenvalue weighted by molar-refractivity contribution is 5.96. The summed E-state index contributed by atoms with van der Waals surface area (Å²) in [5.41, 5.74) is 7.84. The predicted octanol–water partition coefficient (Wildman–Crippen LogP) is 0.0735. The van der Waals surface area contributed by atoms with E-state index in [-0.39, 0.29) is 19.1 Å². The number of carbonyl (C=O) groups is 1. The van der Waals surface area contributed by atoms with Crippen LogP contribution in [0.2, 0.25) is 0 Å². The number of benzene rings is 1. The maximum atomic E-state index is 11.8. The summed E-state index contributed by atoms with van der Waals surface area (Å²) in [5.74, 6) is -0.190. The lowest BCUT2D eigenvalue weighted by atomic mass is 10.1. The number of carbonyl (C=O) groups excluding carboxylic acids is 1. The monoisotopic (exact) mass is 267 g/mol. The van der Waals surface area contributed by atoms with Gasteiger partial charge >= 0.3 is 0 Å². The molecule has 0 saturated heterocycles. The van der Waals surface area contributed by atoms with Gasteiger partial charge in [-0.25, -0.2) is 0 Å². The number of hydrogen-bond donors (Lipinski definition) is 3. The van der Waals surface area contributed by atoms with Crippen LogP contribution in [0, 0.1) is 0 Å². The van der Waals surface area contributed by atoms with Crippen molar-refractivity contribution in [1.82, 2.24) is 5.32 Å². The van der Waals surface area contributed by atoms with Crippen LogP contribution in [0.5, 0.6) is 0 Å². The molecule has 0 radical (unpaired) electrons. The summed E-state index contributed by atoms with van der Waals surface area (Å²) in [6.45, 7) is 1.03. The highest BCUT2D eigenvalue weighted by Gasteiger charge is 2.08. The number of nitrogens with one attached hydrogen (secondary N) is 1. The van der Waals surface area contributed by atoms with Gasteiger partial charge in [-0.15, -0.1) is 0 Å². The molecule has 19 heavy (non-hydrogen) atoms. The van der Waals surface area contributed by atoms with E-state index < -0.39 is 0 Å². The Morgan fingerprint density at radius 3 is 2.74 bits per heavy atom. The molecule has 0 saturated carbocycles. The largest absolute Gasteiger partial charge is 0.397 e. The molecule has 1 aromatic rings. The van der Waals surface area contributed by atoms with Crippen molar-refractivity contribution < 1.29 is 14.6 Å². The second-order valence-corrected chi connectivity index (χ2v) is 4.26. The molecule has 1 amide bonds. The molecule has 4 N–H and O–H groups in total. The first-order valence-corrected chi connectivity index (χ1v) is 6.10. The Morgan fingerprint density at radius 2 is 2.16 bits per heavy atom. The van der Waals surface area contributed by atoms with Gasteiger partial charge in [-0.3, -0.25) is 4.79 Å². The average Bonchev–Trinajstić information content (AvgIpc) is 2.37. The standard InChI is InChI=1S/C13H21N3O3/c1-16(2)12-4-3-10(9-11(12)14)13(18)15-5-7-19-8-6-17/h3-4,9,17H,5-8,14H2,1-2H3,(H,15,18). The minimum atomic E-state index is -0.190. The van der Waals surface area contributed by atoms with Gasteiger partial charge in [0.25, 0.3) is 5.91 Å². The summed E-state index contributed by atoms with van der Waals surface area (Å²) < 4.78 is 5.05. The Kier molecular flexibility index (Phi) is 6.11. The molecule has 0 spiro atoms. The second kappa shape index (κ2) is 7.60. The number of nitrogen functional groups attached to an aromatic ring is 1. The fraction of sp³-hybridized carbons (Fsp3) is 0.462. The van der Waals surface area contributed by atoms with Crippen LogP contribution < -0.4 is 16.0 Å². The quantitative estimate of drug-likeness (QED) is 0.481. The number of nitrogens with zero attached hydrogens (tertiary/aromatic N) is 1. The minimum Gasteiger partial charge on any atom is -0.397 e. The van der Waals surface area contributed by atoms with Crippen molar-refractivity contribution in [3.05, 3.63) is 23.8 Å². The van der Waals surface area contributed by atoms with E-state index in [0.717, 1.165) is 5.69 Å². The first kappa shape index (κ1) is 15.3. The highest BCUT2D eigenvalue weighted by Crippen LogP contribution is 2.22. The summed E-state index contributed by atoms with van der Waals surface area (Å²) in [4.78, 5) is 13.7. The minimum absolute atomic E-state index is 0.0174. The summed E-state index contributed by atoms with van der Waals surface area (Å²) in [7, 11) is 3.79. The van der Waals surface area contributed by atoms with Crippen LogP contribution >= 0.6 is 0 Å². The maximum absolute atomic E-state index is 11.8. The van der Waals surface area contributed by atoms with Gasteiger partial charge in [0.2, 0.25) is 0 Å². The van der Waals surface area contributed by atoms with Gasteiger partial charge in [0.05, 0.1) is 31.2 Å². The summed E-state index contributed by atoms with van der Waals surface area (Å²) >= 11 is 0. The molecular formula is C13H21N3O3. The van der Waals surface area contributed by atoms with E-state index >= 15 is 0 Å². The van der Waals surface area contributed by atoms with E-state index in [0.29, 0.717) is 24.4 Å². The number of ether oxygens (including phenoxy) is 1. The van der Waals surface area contributed by atoms with Gasteiger partial charge in [0, 0.05) is 26.2 Å². The zero-order valence-corrected chi connectivity index (χ0v) is 11.3. The van der Waals surface area contributed by atoms with E-state index in [9.17, 15) is 4.79 Å². The molecule has 0 aliphatic rings. The summed E-state index contributed by atoms with van der Waals surface area (Å²) in [6, 6.07) is 5.20. The van der Waals surface area contributed by atoms with Gasteiger partial charge in [0.15, 0.2) is 0 Å². The van der Waals surface area contributed by atoms with Crippen LogP contribution in [0.3, 0.4) is 0 Å². The predicted molar refractivity (Wildman–Crippen MR) is 75.4 cm³/mol. The molecule has 0 aliphatic heterocycles. The van der Waals surface area contributed by atoms with Crippen molar-refractivity contribution in [2.24, 2.45) is 0 Å². The van der Waals surface area contributed by atoms with E-state index in [1.807, 2.05) is 25.1 Å². The Labute approximate surface area is 113 Å². The third kappa shape index (κ3) is 4.76. The van der Waals surface area contributed by atoms with Gasteiger partial charge < -0.3 is 25.8 Å². The number of aliphatic hydroxyl groups excluding tert-OH is 1. The van der Waals surface area contributed by atoms with E-state index in [1.165, 1.54) is 0 Å². The first-order chi connectivity index (χ1) is 9.06. The average molecular weight is 267 g/mol. The van der Waals surface area contributed by atoms with E-state index in [1.54, 1.807) is 12.1 Å². The second-order valence-electron chi connectivity index (χ2n) is 4.26. The van der Waals surface area contributed by atoms with Gasteiger partial charge in [-0.05, 0) is 18.2 Å². The maximum Gasteiger partial charge on any atom is 0.251 e. The van der Waals surface area contributed by atoms with Crippen LogP contribution in [0.1, 0.15) is 10.4 Å². The summed E-state index contributed by atoms with van der Waals surface area (Å²) in [6.07, 6.45) is 0. The number of rotatable bonds is 7. The topological polar surface area (TPSA) is 87.8 Å². The normalized spacial score (nSPS) is 10.3. The molecule has 1 aromatic carbocycles. The Bertz CT molecular complexity index is 422. The molecule has 0 aliphatic carbocycles. The number of anilines is 2. The lowest BCUT2D eigenvalue weighted by Gasteiger charge is -2.15. The van der Waals surface area contributed by atoms with Crippen LogP contribution in [0.4, 0.5) is 11.4 Å². The number of nitrogens with two attached hydrogens (primary N) is 1. The Morgan fingerprint density at radius 1 is 1.42 bits per heavy atom. The molecule has 6 heteroatoms. The van der Waals surface area contributed by atoms with Gasteiger partial charge in [-0.1, -0.05) is 0 Å². The molecule has 0 unspecified atom stereocenters. The van der Waals surface area contributed by atoms with Gasteiger partial charge in [-0.2, -0.15) is 0 Å². The van der Waals surface area contributed by atoms with Gasteiger partial charge in [0.1, 0.15) is 0 Å². The fourth-order valence-electron chi connectivity index (χ4n) is 1.61. The number of hydrogen-bond acceptors (Lipinski definition) is 5. The molecule has 0 fully saturated rings. The molecular weight excluding hydrogens is 246 g/mol. The van der Waals surface area contributed by atoms with Crippen molar-refractivity contribution in [1.29, 1.82) is 0 Å². The van der Waals surface area contributed by atoms with Crippen LogP contribution in [-0.4, -0.2) is 51.5 Å². The van der Waals surface area contributed by atoms with Crippen LogP contribution in [0.15, 0.2) is 18.2 Å². The lowest BCUT2D eigenvalue weighted by Crippen LogP contribution is -2.27. The highest BCUT2D eigenvalue weighted by atomic mass is 16.5. The lowest BCUT2D eigenvalue weighted by molar-refractivity contribution is 0.0838. The van der Waals surface area contributed by atoms with Crippen LogP contribution in [0.25, 0.3) is 0 Å². The molecule has 106 valence electrons. The zero-order valence-electron chi connectivity index (χ0n) is 11.3. The molecule has 0 aromatic heterocycles. The smallest absolute Gasteiger partial charge is 0.251 e. The van der Waals surface area contributed by atoms with E-state index in [4.69, 9.17) is 15.6 Å². The van der Waals surface area contributed by atoms with Crippen molar-refractivity contribution in [2.45, 2.75) is 0 Å². The Balaban J connectivity index is 2.51.